The molecule has 0 aliphatic carbocycles. The zero-order valence-corrected chi connectivity index (χ0v) is 17.0. The van der Waals surface area contributed by atoms with Crippen LogP contribution in [0.2, 0.25) is 0 Å². The summed E-state index contributed by atoms with van der Waals surface area (Å²) in [7, 11) is 1.59. The van der Waals surface area contributed by atoms with Crippen LogP contribution in [0.25, 0.3) is 28.2 Å². The molecule has 2 bridgehead atoms. The second kappa shape index (κ2) is 7.02. The van der Waals surface area contributed by atoms with Crippen molar-refractivity contribution in [3.05, 3.63) is 60.5 Å². The summed E-state index contributed by atoms with van der Waals surface area (Å²) in [6.07, 6.45) is 2.86. The Hall–Kier alpha value is -3.52. The van der Waals surface area contributed by atoms with Crippen molar-refractivity contribution in [3.63, 3.8) is 0 Å². The number of ether oxygens (including phenoxy) is 1. The maximum absolute atomic E-state index is 13.6. The van der Waals surface area contributed by atoms with Crippen molar-refractivity contribution in [2.75, 3.05) is 25.1 Å². The molecule has 0 unspecified atom stereocenters. The standard InChI is InChI=1S/C23H21FN6O/c1-31-21-10-15(8-9-25-21)23-22(14-2-4-16(24)5-3-14)27-19-6-7-20(28-30(19)23)29-13-17-11-18(29)12-26-17/h2-10,17-18,26H,11-13H2,1H3/t17-,18-/m0/s1. The van der Waals surface area contributed by atoms with Gasteiger partial charge in [0.1, 0.15) is 17.3 Å². The predicted octanol–water partition coefficient (Wildman–Crippen LogP) is 3.16. The highest BCUT2D eigenvalue weighted by molar-refractivity contribution is 5.82. The van der Waals surface area contributed by atoms with E-state index < -0.39 is 0 Å². The number of pyridine rings is 1. The van der Waals surface area contributed by atoms with E-state index in [9.17, 15) is 4.39 Å². The number of hydrogen-bond acceptors (Lipinski definition) is 6. The molecular weight excluding hydrogens is 395 g/mol. The Morgan fingerprint density at radius 1 is 1.10 bits per heavy atom. The average Bonchev–Trinajstić information content (AvgIpc) is 3.53. The van der Waals surface area contributed by atoms with Gasteiger partial charge in [0.05, 0.1) is 12.8 Å². The number of nitrogens with one attached hydrogen (secondary N) is 1. The minimum Gasteiger partial charge on any atom is -0.481 e. The number of piperazine rings is 1. The molecule has 0 spiro atoms. The molecule has 2 aliphatic rings. The van der Waals surface area contributed by atoms with Crippen LogP contribution in [0.1, 0.15) is 6.42 Å². The Morgan fingerprint density at radius 2 is 1.97 bits per heavy atom. The van der Waals surface area contributed by atoms with Crippen LogP contribution in [0.4, 0.5) is 10.2 Å². The van der Waals surface area contributed by atoms with E-state index in [2.05, 4.69) is 15.2 Å². The lowest BCUT2D eigenvalue weighted by molar-refractivity contribution is 0.398. The minimum absolute atomic E-state index is 0.280. The summed E-state index contributed by atoms with van der Waals surface area (Å²) in [5, 5.41) is 8.52. The van der Waals surface area contributed by atoms with Gasteiger partial charge in [-0.3, -0.25) is 0 Å². The van der Waals surface area contributed by atoms with Crippen LogP contribution in [0.3, 0.4) is 0 Å². The first-order chi connectivity index (χ1) is 15.2. The molecule has 8 heteroatoms. The van der Waals surface area contributed by atoms with Crippen LogP contribution >= 0.6 is 0 Å². The molecule has 4 aromatic rings. The van der Waals surface area contributed by atoms with Gasteiger partial charge < -0.3 is 15.0 Å². The molecule has 0 saturated carbocycles. The van der Waals surface area contributed by atoms with Crippen LogP contribution in [0, 0.1) is 5.82 Å². The zero-order chi connectivity index (χ0) is 20.9. The van der Waals surface area contributed by atoms with E-state index in [1.165, 1.54) is 12.1 Å². The fourth-order valence-corrected chi connectivity index (χ4v) is 4.65. The molecule has 1 aromatic carbocycles. The first-order valence-corrected chi connectivity index (χ1v) is 10.4. The molecular formula is C23H21FN6O. The number of nitrogens with zero attached hydrogens (tertiary/aromatic N) is 5. The highest BCUT2D eigenvalue weighted by Crippen LogP contribution is 2.35. The molecule has 7 nitrogen and oxygen atoms in total. The summed E-state index contributed by atoms with van der Waals surface area (Å²) in [6.45, 7) is 1.95. The van der Waals surface area contributed by atoms with Crippen molar-refractivity contribution in [2.24, 2.45) is 0 Å². The first kappa shape index (κ1) is 18.3. The van der Waals surface area contributed by atoms with Gasteiger partial charge in [-0.05, 0) is 48.9 Å². The fraction of sp³-hybridized carbons (Fsp3) is 0.261. The van der Waals surface area contributed by atoms with Gasteiger partial charge in [-0.15, -0.1) is 5.10 Å². The Balaban J connectivity index is 1.55. The number of aromatic nitrogens is 4. The quantitative estimate of drug-likeness (QED) is 0.551. The third-order valence-electron chi connectivity index (χ3n) is 6.15. The SMILES string of the molecule is COc1cc(-c2c(-c3ccc(F)cc3)nc3ccc(N4C[C@@H]5C[C@H]4CN5)nn23)ccn1. The largest absolute Gasteiger partial charge is 0.481 e. The fourth-order valence-electron chi connectivity index (χ4n) is 4.65. The van der Waals surface area contributed by atoms with Crippen molar-refractivity contribution >= 4 is 11.5 Å². The van der Waals surface area contributed by atoms with E-state index >= 15 is 0 Å². The number of rotatable bonds is 4. The van der Waals surface area contributed by atoms with E-state index in [0.717, 1.165) is 53.5 Å². The van der Waals surface area contributed by atoms with E-state index in [0.29, 0.717) is 18.0 Å². The van der Waals surface area contributed by atoms with Crippen LogP contribution in [-0.4, -0.2) is 51.9 Å². The molecule has 0 amide bonds. The zero-order valence-electron chi connectivity index (χ0n) is 17.0. The Bertz CT molecular complexity index is 1270. The molecule has 2 atom stereocenters. The molecule has 0 radical (unpaired) electrons. The van der Waals surface area contributed by atoms with E-state index in [1.807, 2.05) is 28.8 Å². The lowest BCUT2D eigenvalue weighted by Gasteiger charge is -2.28. The molecule has 2 saturated heterocycles. The van der Waals surface area contributed by atoms with Crippen LogP contribution in [-0.2, 0) is 0 Å². The second-order valence-corrected chi connectivity index (χ2v) is 8.01. The van der Waals surface area contributed by atoms with Gasteiger partial charge >= 0.3 is 0 Å². The van der Waals surface area contributed by atoms with Gasteiger partial charge in [0, 0.05) is 48.6 Å². The molecule has 2 fully saturated rings. The number of benzene rings is 1. The van der Waals surface area contributed by atoms with Crippen LogP contribution in [0.15, 0.2) is 54.7 Å². The molecule has 2 aliphatic heterocycles. The molecule has 6 rings (SSSR count). The van der Waals surface area contributed by atoms with Gasteiger partial charge in [0.2, 0.25) is 5.88 Å². The Kier molecular flexibility index (Phi) is 4.14. The number of halogens is 1. The van der Waals surface area contributed by atoms with Gasteiger partial charge in [-0.25, -0.2) is 18.9 Å². The number of imidazole rings is 1. The summed E-state index contributed by atoms with van der Waals surface area (Å²) in [5.74, 6) is 1.17. The summed E-state index contributed by atoms with van der Waals surface area (Å²) < 4.78 is 20.8. The Morgan fingerprint density at radius 3 is 2.71 bits per heavy atom. The molecule has 5 heterocycles. The smallest absolute Gasteiger partial charge is 0.213 e. The number of methoxy groups -OCH3 is 1. The van der Waals surface area contributed by atoms with E-state index in [4.69, 9.17) is 14.8 Å². The number of anilines is 1. The van der Waals surface area contributed by atoms with E-state index in [1.54, 1.807) is 25.4 Å². The topological polar surface area (TPSA) is 67.6 Å². The van der Waals surface area contributed by atoms with E-state index in [-0.39, 0.29) is 5.82 Å². The maximum Gasteiger partial charge on any atom is 0.213 e. The molecule has 3 aromatic heterocycles. The van der Waals surface area contributed by atoms with Crippen LogP contribution < -0.4 is 15.0 Å². The molecule has 31 heavy (non-hydrogen) atoms. The van der Waals surface area contributed by atoms with Gasteiger partial charge in [-0.2, -0.15) is 0 Å². The minimum atomic E-state index is -0.280. The third kappa shape index (κ3) is 3.02. The van der Waals surface area contributed by atoms with Gasteiger partial charge in [0.25, 0.3) is 0 Å². The van der Waals surface area contributed by atoms with Crippen molar-refractivity contribution < 1.29 is 9.13 Å². The second-order valence-electron chi connectivity index (χ2n) is 8.01. The van der Waals surface area contributed by atoms with Crippen molar-refractivity contribution in [1.29, 1.82) is 0 Å². The molecule has 1 N–H and O–H groups in total. The normalized spacial score (nSPS) is 20.0. The highest BCUT2D eigenvalue weighted by atomic mass is 19.1. The molecule has 156 valence electrons. The Labute approximate surface area is 178 Å². The first-order valence-electron chi connectivity index (χ1n) is 10.4. The number of fused-ring (bicyclic) bond motifs is 3. The summed E-state index contributed by atoms with van der Waals surface area (Å²) >= 11 is 0. The number of hydrogen-bond donors (Lipinski definition) is 1. The van der Waals surface area contributed by atoms with Crippen molar-refractivity contribution in [1.82, 2.24) is 24.9 Å². The predicted molar refractivity (Wildman–Crippen MR) is 116 cm³/mol. The summed E-state index contributed by atoms with van der Waals surface area (Å²) in [4.78, 5) is 11.4. The lowest BCUT2D eigenvalue weighted by atomic mass is 10.1. The third-order valence-corrected chi connectivity index (χ3v) is 6.15. The summed E-state index contributed by atoms with van der Waals surface area (Å²) in [6, 6.07) is 15.2. The maximum atomic E-state index is 13.6. The summed E-state index contributed by atoms with van der Waals surface area (Å²) in [5.41, 5.74) is 4.00. The van der Waals surface area contributed by atoms with Crippen LogP contribution in [0.5, 0.6) is 5.88 Å². The average molecular weight is 416 g/mol. The van der Waals surface area contributed by atoms with Gasteiger partial charge in [0.15, 0.2) is 5.65 Å². The highest BCUT2D eigenvalue weighted by Gasteiger charge is 2.38. The lowest BCUT2D eigenvalue weighted by Crippen LogP contribution is -2.44. The van der Waals surface area contributed by atoms with Gasteiger partial charge in [-0.1, -0.05) is 0 Å². The van der Waals surface area contributed by atoms with Crippen molar-refractivity contribution in [3.8, 4) is 28.4 Å². The van der Waals surface area contributed by atoms with Crippen molar-refractivity contribution in [2.45, 2.75) is 18.5 Å². The monoisotopic (exact) mass is 416 g/mol.